The predicted molar refractivity (Wildman–Crippen MR) is 35.8 cm³/mol. The Labute approximate surface area is 53.9 Å². The summed E-state index contributed by atoms with van der Waals surface area (Å²) >= 11 is -1.87. The van der Waals surface area contributed by atoms with Gasteiger partial charge in [0.2, 0.25) is 0 Å². The molecular weight excluding hydrogens is 214 g/mol. The Hall–Kier alpha value is 0.288. The van der Waals surface area contributed by atoms with Gasteiger partial charge in [-0.2, -0.15) is 0 Å². The molecule has 2 nitrogen and oxygen atoms in total. The summed E-state index contributed by atoms with van der Waals surface area (Å²) in [6.45, 7) is 0. The zero-order chi connectivity index (χ0) is 6.78. The minimum atomic E-state index is -1.87. The first-order valence-electron chi connectivity index (χ1n) is 2.44. The molecule has 48 valence electrons. The third-order valence-electron chi connectivity index (χ3n) is 0.610. The SMILES string of the molecule is [CH3][Sb+]([CH3])([CH3])[CH2]C(=O)O. The number of carbonyl (C=O) groups is 1. The van der Waals surface area contributed by atoms with Crippen LogP contribution in [0.25, 0.3) is 0 Å². The Bertz CT molecular complexity index is 93.1. The van der Waals surface area contributed by atoms with Crippen molar-refractivity contribution in [3.63, 3.8) is 0 Å². The minimum absolute atomic E-state index is 0.443. The topological polar surface area (TPSA) is 37.3 Å². The van der Waals surface area contributed by atoms with E-state index in [9.17, 15) is 4.79 Å². The average molecular weight is 226 g/mol. The fourth-order valence-corrected chi connectivity index (χ4v) is 2.72. The van der Waals surface area contributed by atoms with Crippen molar-refractivity contribution in [2.24, 2.45) is 0 Å². The molecule has 0 unspecified atom stereocenters. The van der Waals surface area contributed by atoms with Gasteiger partial charge in [-0.15, -0.1) is 0 Å². The second kappa shape index (κ2) is 2.72. The Kier molecular flexibility index (Phi) is 2.82. The van der Waals surface area contributed by atoms with E-state index in [-0.39, 0.29) is 0 Å². The Morgan fingerprint density at radius 2 is 1.88 bits per heavy atom. The molecule has 3 heteroatoms. The van der Waals surface area contributed by atoms with Crippen molar-refractivity contribution in [3.05, 3.63) is 0 Å². The van der Waals surface area contributed by atoms with Crippen molar-refractivity contribution in [3.8, 4) is 0 Å². The second-order valence-electron chi connectivity index (χ2n) is 2.84. The van der Waals surface area contributed by atoms with E-state index in [2.05, 4.69) is 14.6 Å². The predicted octanol–water partition coefficient (Wildman–Crippen LogP) is 1.41. The number of carboxylic acid groups (broad SMARTS) is 1. The monoisotopic (exact) mass is 225 g/mol. The molecule has 0 aromatic carbocycles. The summed E-state index contributed by atoms with van der Waals surface area (Å²) in [5.74, 6) is -0.636. The molecule has 0 amide bonds. The van der Waals surface area contributed by atoms with Crippen molar-refractivity contribution < 1.29 is 9.90 Å². The summed E-state index contributed by atoms with van der Waals surface area (Å²) in [5, 5.41) is 8.30. The van der Waals surface area contributed by atoms with Crippen LogP contribution in [0.2, 0.25) is 19.0 Å². The molecule has 0 aliphatic heterocycles. The molecule has 8 heavy (non-hydrogen) atoms. The van der Waals surface area contributed by atoms with Gasteiger partial charge in [0.1, 0.15) is 0 Å². The summed E-state index contributed by atoms with van der Waals surface area (Å²) in [7, 11) is 0. The normalized spacial score (nSPS) is 11.4. The summed E-state index contributed by atoms with van der Waals surface area (Å²) in [5.41, 5.74) is 0. The van der Waals surface area contributed by atoms with E-state index in [0.29, 0.717) is 4.37 Å². The average Bonchev–Trinajstić information content (AvgIpc) is 1.21. The van der Waals surface area contributed by atoms with Crippen LogP contribution in [0.1, 0.15) is 0 Å². The van der Waals surface area contributed by atoms with Gasteiger partial charge in [0.05, 0.1) is 0 Å². The van der Waals surface area contributed by atoms with Crippen LogP contribution < -0.4 is 0 Å². The fourth-order valence-electron chi connectivity index (χ4n) is 0.406. The van der Waals surface area contributed by atoms with Gasteiger partial charge >= 0.3 is 53.7 Å². The van der Waals surface area contributed by atoms with Crippen molar-refractivity contribution in [2.45, 2.75) is 19.0 Å². The van der Waals surface area contributed by atoms with Crippen molar-refractivity contribution in [1.82, 2.24) is 0 Å². The summed E-state index contributed by atoms with van der Waals surface area (Å²) in [6, 6.07) is 0. The van der Waals surface area contributed by atoms with Crippen LogP contribution in [0.3, 0.4) is 0 Å². The Balaban J connectivity index is 3.55. The summed E-state index contributed by atoms with van der Waals surface area (Å²) < 4.78 is 0.443. The third-order valence-corrected chi connectivity index (χ3v) is 4.09. The molecule has 0 aliphatic carbocycles. The summed E-state index contributed by atoms with van der Waals surface area (Å²) in [4.78, 5) is 16.4. The molecule has 0 saturated carbocycles. The van der Waals surface area contributed by atoms with Gasteiger partial charge in [0.25, 0.3) is 0 Å². The molecule has 0 rings (SSSR count). The molecule has 0 aromatic heterocycles. The molecule has 0 saturated heterocycles. The second-order valence-corrected chi connectivity index (χ2v) is 16.8. The van der Waals surface area contributed by atoms with Gasteiger partial charge in [-0.05, 0) is 0 Å². The maximum absolute atomic E-state index is 10.1. The standard InChI is InChI=1S/C2H3O2.3CH3.Sb/c1-2(3)4;;;;/h1H2,(H,3,4);3*1H3;/q;;;;+1. The number of carboxylic acids is 1. The first-order valence-corrected chi connectivity index (χ1v) is 11.9. The van der Waals surface area contributed by atoms with Crippen LogP contribution in [0, 0.1) is 0 Å². The molecule has 0 radical (unpaired) electrons. The van der Waals surface area contributed by atoms with Crippen LogP contribution in [-0.2, 0) is 4.79 Å². The van der Waals surface area contributed by atoms with Gasteiger partial charge in [-0.1, -0.05) is 0 Å². The number of hydrogen-bond donors (Lipinski definition) is 1. The van der Waals surface area contributed by atoms with Crippen LogP contribution in [0.5, 0.6) is 0 Å². The first kappa shape index (κ1) is 8.29. The number of aliphatic carboxylic acids is 1. The first-order chi connectivity index (χ1) is 3.42. The molecule has 0 heterocycles. The molecule has 0 aromatic rings. The Morgan fingerprint density at radius 3 is 1.88 bits per heavy atom. The van der Waals surface area contributed by atoms with E-state index in [1.165, 1.54) is 0 Å². The fraction of sp³-hybridized carbons (Fsp3) is 0.800. The molecule has 0 spiro atoms. The number of hydrogen-bond acceptors (Lipinski definition) is 1. The van der Waals surface area contributed by atoms with E-state index in [1.54, 1.807) is 0 Å². The van der Waals surface area contributed by atoms with Crippen LogP contribution in [0.4, 0.5) is 0 Å². The van der Waals surface area contributed by atoms with Gasteiger partial charge in [-0.3, -0.25) is 0 Å². The zero-order valence-corrected chi connectivity index (χ0v) is 8.06. The molecule has 0 bridgehead atoms. The third kappa shape index (κ3) is 6.29. The molecule has 0 fully saturated rings. The van der Waals surface area contributed by atoms with Crippen molar-refractivity contribution >= 4 is 24.8 Å². The van der Waals surface area contributed by atoms with Gasteiger partial charge in [-0.25, -0.2) is 0 Å². The maximum atomic E-state index is 10.1. The molecular formula is C5H12O2Sb+. The van der Waals surface area contributed by atoms with Gasteiger partial charge in [0.15, 0.2) is 0 Å². The van der Waals surface area contributed by atoms with Crippen molar-refractivity contribution in [2.75, 3.05) is 0 Å². The van der Waals surface area contributed by atoms with E-state index in [4.69, 9.17) is 5.11 Å². The Morgan fingerprint density at radius 1 is 1.50 bits per heavy atom. The van der Waals surface area contributed by atoms with Crippen LogP contribution in [0.15, 0.2) is 0 Å². The van der Waals surface area contributed by atoms with Gasteiger partial charge in [0, 0.05) is 0 Å². The van der Waals surface area contributed by atoms with E-state index >= 15 is 0 Å². The molecule has 1 N–H and O–H groups in total. The summed E-state index contributed by atoms with van der Waals surface area (Å²) in [6.07, 6.45) is 0. The van der Waals surface area contributed by atoms with Gasteiger partial charge < -0.3 is 0 Å². The number of rotatable bonds is 2. The van der Waals surface area contributed by atoms with Crippen LogP contribution >= 0.6 is 0 Å². The van der Waals surface area contributed by atoms with E-state index in [0.717, 1.165) is 0 Å². The van der Waals surface area contributed by atoms with E-state index < -0.39 is 24.8 Å². The van der Waals surface area contributed by atoms with Crippen molar-refractivity contribution in [1.29, 1.82) is 0 Å². The van der Waals surface area contributed by atoms with E-state index in [1.807, 2.05) is 0 Å². The zero-order valence-electron chi connectivity index (χ0n) is 5.51. The van der Waals surface area contributed by atoms with Crippen LogP contribution in [-0.4, -0.2) is 29.9 Å². The quantitative estimate of drug-likeness (QED) is 0.722. The molecule has 0 aliphatic rings. The molecule has 0 atom stereocenters.